The SMILES string of the molecule is c1csc(CNCCC2CCCNC2)n1. The molecule has 2 rings (SSSR count). The number of hydrogen-bond donors (Lipinski definition) is 2. The van der Waals surface area contributed by atoms with E-state index < -0.39 is 0 Å². The number of nitrogens with zero attached hydrogens (tertiary/aromatic N) is 1. The second-order valence-electron chi connectivity index (χ2n) is 4.10. The van der Waals surface area contributed by atoms with Crippen molar-refractivity contribution in [2.24, 2.45) is 5.92 Å². The predicted molar refractivity (Wildman–Crippen MR) is 64.0 cm³/mol. The third kappa shape index (κ3) is 3.89. The van der Waals surface area contributed by atoms with Gasteiger partial charge < -0.3 is 10.6 Å². The Bertz CT molecular complexity index is 255. The fourth-order valence-electron chi connectivity index (χ4n) is 2.01. The molecule has 15 heavy (non-hydrogen) atoms. The Labute approximate surface area is 95.3 Å². The highest BCUT2D eigenvalue weighted by Gasteiger charge is 2.11. The van der Waals surface area contributed by atoms with Crippen molar-refractivity contribution in [3.8, 4) is 0 Å². The van der Waals surface area contributed by atoms with Crippen molar-refractivity contribution in [2.75, 3.05) is 19.6 Å². The molecule has 0 spiro atoms. The van der Waals surface area contributed by atoms with Crippen LogP contribution in [0, 0.1) is 5.92 Å². The second kappa shape index (κ2) is 6.20. The molecule has 84 valence electrons. The molecule has 1 aliphatic rings. The van der Waals surface area contributed by atoms with Crippen LogP contribution >= 0.6 is 11.3 Å². The molecule has 0 aromatic carbocycles. The Hall–Kier alpha value is -0.450. The van der Waals surface area contributed by atoms with Crippen LogP contribution in [0.1, 0.15) is 24.3 Å². The van der Waals surface area contributed by atoms with Gasteiger partial charge in [0.15, 0.2) is 0 Å². The van der Waals surface area contributed by atoms with Crippen molar-refractivity contribution in [2.45, 2.75) is 25.8 Å². The summed E-state index contributed by atoms with van der Waals surface area (Å²) in [7, 11) is 0. The minimum Gasteiger partial charge on any atom is -0.316 e. The summed E-state index contributed by atoms with van der Waals surface area (Å²) in [5.41, 5.74) is 0. The lowest BCUT2D eigenvalue weighted by atomic mass is 9.96. The van der Waals surface area contributed by atoms with Crippen molar-refractivity contribution in [3.63, 3.8) is 0 Å². The largest absolute Gasteiger partial charge is 0.316 e. The Morgan fingerprint density at radius 2 is 2.60 bits per heavy atom. The molecule has 1 aromatic rings. The molecule has 0 radical (unpaired) electrons. The second-order valence-corrected chi connectivity index (χ2v) is 5.08. The molecular weight excluding hydrogens is 206 g/mol. The first-order valence-electron chi connectivity index (χ1n) is 5.75. The summed E-state index contributed by atoms with van der Waals surface area (Å²) in [6.45, 7) is 4.46. The average Bonchev–Trinajstić information content (AvgIpc) is 2.79. The van der Waals surface area contributed by atoms with Crippen LogP contribution in [0.3, 0.4) is 0 Å². The number of piperidine rings is 1. The molecule has 0 aliphatic carbocycles. The lowest BCUT2D eigenvalue weighted by molar-refractivity contribution is 0.352. The van der Waals surface area contributed by atoms with Crippen LogP contribution in [0.2, 0.25) is 0 Å². The van der Waals surface area contributed by atoms with E-state index in [-0.39, 0.29) is 0 Å². The first-order chi connectivity index (χ1) is 7.45. The van der Waals surface area contributed by atoms with Crippen molar-refractivity contribution in [1.82, 2.24) is 15.6 Å². The van der Waals surface area contributed by atoms with Gasteiger partial charge in [0.05, 0.1) is 0 Å². The number of thiazole rings is 1. The molecule has 4 heteroatoms. The Morgan fingerprint density at radius 3 is 3.33 bits per heavy atom. The van der Waals surface area contributed by atoms with Crippen molar-refractivity contribution >= 4 is 11.3 Å². The molecule has 0 saturated carbocycles. The van der Waals surface area contributed by atoms with Crippen LogP contribution in [-0.2, 0) is 6.54 Å². The van der Waals surface area contributed by atoms with Crippen LogP contribution in [0.25, 0.3) is 0 Å². The van der Waals surface area contributed by atoms with Crippen LogP contribution in [0.5, 0.6) is 0 Å². The highest BCUT2D eigenvalue weighted by atomic mass is 32.1. The molecule has 0 bridgehead atoms. The van der Waals surface area contributed by atoms with Crippen LogP contribution < -0.4 is 10.6 Å². The van der Waals surface area contributed by atoms with E-state index in [1.54, 1.807) is 11.3 Å². The summed E-state index contributed by atoms with van der Waals surface area (Å²) in [4.78, 5) is 4.24. The fourth-order valence-corrected chi connectivity index (χ4v) is 2.60. The van der Waals surface area contributed by atoms with Gasteiger partial charge in [-0.2, -0.15) is 0 Å². The molecule has 3 nitrogen and oxygen atoms in total. The summed E-state index contributed by atoms with van der Waals surface area (Å²) in [6.07, 6.45) is 5.90. The maximum atomic E-state index is 4.24. The molecule has 1 atom stereocenters. The van der Waals surface area contributed by atoms with Crippen LogP contribution in [-0.4, -0.2) is 24.6 Å². The maximum Gasteiger partial charge on any atom is 0.106 e. The topological polar surface area (TPSA) is 37.0 Å². The normalized spacial score (nSPS) is 21.7. The Morgan fingerprint density at radius 1 is 1.60 bits per heavy atom. The van der Waals surface area contributed by atoms with E-state index in [2.05, 4.69) is 15.6 Å². The Balaban J connectivity index is 1.54. The van der Waals surface area contributed by atoms with E-state index in [1.807, 2.05) is 11.6 Å². The monoisotopic (exact) mass is 225 g/mol. The lowest BCUT2D eigenvalue weighted by Gasteiger charge is -2.22. The van der Waals surface area contributed by atoms with Gasteiger partial charge in [-0.25, -0.2) is 4.98 Å². The summed E-state index contributed by atoms with van der Waals surface area (Å²) in [5, 5.41) is 10.1. The van der Waals surface area contributed by atoms with E-state index in [9.17, 15) is 0 Å². The minimum absolute atomic E-state index is 0.877. The van der Waals surface area contributed by atoms with Crippen molar-refractivity contribution < 1.29 is 0 Å². The maximum absolute atomic E-state index is 4.24. The summed E-state index contributed by atoms with van der Waals surface area (Å²) in [5.74, 6) is 0.877. The van der Waals surface area contributed by atoms with Crippen LogP contribution in [0.4, 0.5) is 0 Å². The van der Waals surface area contributed by atoms with Gasteiger partial charge in [-0.1, -0.05) is 0 Å². The molecule has 1 aliphatic heterocycles. The first kappa shape index (κ1) is 11.0. The lowest BCUT2D eigenvalue weighted by Crippen LogP contribution is -2.31. The summed E-state index contributed by atoms with van der Waals surface area (Å²) in [6, 6.07) is 0. The molecular formula is C11H19N3S. The van der Waals surface area contributed by atoms with Gasteiger partial charge in [0.25, 0.3) is 0 Å². The van der Waals surface area contributed by atoms with E-state index in [0.29, 0.717) is 0 Å². The number of nitrogens with one attached hydrogen (secondary N) is 2. The zero-order valence-corrected chi connectivity index (χ0v) is 9.85. The third-order valence-electron chi connectivity index (χ3n) is 2.89. The average molecular weight is 225 g/mol. The zero-order chi connectivity index (χ0) is 10.3. The number of hydrogen-bond acceptors (Lipinski definition) is 4. The quantitative estimate of drug-likeness (QED) is 0.748. The highest BCUT2D eigenvalue weighted by Crippen LogP contribution is 2.13. The van der Waals surface area contributed by atoms with E-state index in [0.717, 1.165) is 19.0 Å². The molecule has 2 N–H and O–H groups in total. The molecule has 1 aromatic heterocycles. The van der Waals surface area contributed by atoms with Gasteiger partial charge in [0, 0.05) is 18.1 Å². The summed E-state index contributed by atoms with van der Waals surface area (Å²) >= 11 is 1.72. The van der Waals surface area contributed by atoms with Gasteiger partial charge in [-0.3, -0.25) is 0 Å². The predicted octanol–water partition coefficient (Wildman–Crippen LogP) is 1.62. The minimum atomic E-state index is 0.877. The number of rotatable bonds is 5. The first-order valence-corrected chi connectivity index (χ1v) is 6.63. The molecule has 2 heterocycles. The van der Waals surface area contributed by atoms with Crippen molar-refractivity contribution in [3.05, 3.63) is 16.6 Å². The van der Waals surface area contributed by atoms with E-state index in [4.69, 9.17) is 0 Å². The fraction of sp³-hybridized carbons (Fsp3) is 0.727. The Kier molecular flexibility index (Phi) is 4.57. The molecule has 0 amide bonds. The zero-order valence-electron chi connectivity index (χ0n) is 9.04. The third-order valence-corrected chi connectivity index (χ3v) is 3.67. The number of aromatic nitrogens is 1. The molecule has 1 saturated heterocycles. The van der Waals surface area contributed by atoms with Gasteiger partial charge in [-0.05, 0) is 44.8 Å². The highest BCUT2D eigenvalue weighted by molar-refractivity contribution is 7.09. The molecule has 1 fully saturated rings. The van der Waals surface area contributed by atoms with Crippen LogP contribution in [0.15, 0.2) is 11.6 Å². The van der Waals surface area contributed by atoms with Gasteiger partial charge in [0.1, 0.15) is 5.01 Å². The van der Waals surface area contributed by atoms with Gasteiger partial charge in [0.2, 0.25) is 0 Å². The van der Waals surface area contributed by atoms with Gasteiger partial charge in [-0.15, -0.1) is 11.3 Å². The van der Waals surface area contributed by atoms with Crippen molar-refractivity contribution in [1.29, 1.82) is 0 Å². The molecule has 1 unspecified atom stereocenters. The summed E-state index contributed by atoms with van der Waals surface area (Å²) < 4.78 is 0. The van der Waals surface area contributed by atoms with E-state index >= 15 is 0 Å². The standard InChI is InChI=1S/C11H19N3S/c1-2-10(8-12-4-1)3-5-13-9-11-14-6-7-15-11/h6-7,10,12-13H,1-5,8-9H2. The smallest absolute Gasteiger partial charge is 0.106 e. The van der Waals surface area contributed by atoms with E-state index in [1.165, 1.54) is 37.4 Å². The van der Waals surface area contributed by atoms with Gasteiger partial charge >= 0.3 is 0 Å².